The lowest BCUT2D eigenvalue weighted by Crippen LogP contribution is -2.02. The van der Waals surface area contributed by atoms with Crippen LogP contribution in [-0.4, -0.2) is 27.0 Å². The van der Waals surface area contributed by atoms with Crippen LogP contribution in [0.4, 0.5) is 0 Å². The number of H-pyrrole nitrogens is 1. The Bertz CT molecular complexity index is 166. The summed E-state index contributed by atoms with van der Waals surface area (Å²) in [6, 6.07) is 1.61. The number of aromatic nitrogens is 2. The Morgan fingerprint density at radius 2 is 2.40 bits per heavy atom. The predicted molar refractivity (Wildman–Crippen MR) is 41.0 cm³/mol. The highest BCUT2D eigenvalue weighted by Crippen LogP contribution is 2.05. The maximum absolute atomic E-state index is 8.90. The molecule has 0 radical (unpaired) electrons. The Kier molecular flexibility index (Phi) is 4.26. The molecule has 0 aliphatic heterocycles. The number of hydrogen-bond donors (Lipinski definition) is 3. The number of halogens is 1. The Hall–Kier alpha value is -0.390. The lowest BCUT2D eigenvalue weighted by Gasteiger charge is -2.00. The summed E-state index contributed by atoms with van der Waals surface area (Å²) < 4.78 is 0. The van der Waals surface area contributed by atoms with Gasteiger partial charge in [0.15, 0.2) is 0 Å². The van der Waals surface area contributed by atoms with Crippen molar-refractivity contribution >= 4 is 17.0 Å². The van der Waals surface area contributed by atoms with Gasteiger partial charge in [-0.3, -0.25) is 5.10 Å². The van der Waals surface area contributed by atoms with E-state index in [0.29, 0.717) is 5.69 Å². The van der Waals surface area contributed by atoms with Gasteiger partial charge in [-0.1, -0.05) is 0 Å². The van der Waals surface area contributed by atoms with Crippen molar-refractivity contribution in [3.05, 3.63) is 18.0 Å². The predicted octanol–water partition coefficient (Wildman–Crippen LogP) is 0.0133. The molecule has 1 aromatic rings. The van der Waals surface area contributed by atoms with Gasteiger partial charge in [0.25, 0.3) is 0 Å². The second-order valence-electron chi connectivity index (χ2n) is 1.71. The van der Waals surface area contributed by atoms with Crippen molar-refractivity contribution in [1.29, 1.82) is 0 Å². The Morgan fingerprint density at radius 1 is 1.70 bits per heavy atom. The van der Waals surface area contributed by atoms with E-state index in [1.54, 1.807) is 6.07 Å². The molecule has 1 unspecified atom stereocenters. The molecular weight excluding hydrogens is 200 g/mol. The largest absolute Gasteiger partial charge is 0.393 e. The van der Waals surface area contributed by atoms with E-state index in [0.717, 1.165) is 0 Å². The van der Waals surface area contributed by atoms with Crippen molar-refractivity contribution in [2.24, 2.45) is 0 Å². The zero-order chi connectivity index (χ0) is 6.69. The van der Waals surface area contributed by atoms with Crippen LogP contribution in [-0.2, 0) is 0 Å². The zero-order valence-electron chi connectivity index (χ0n) is 5.19. The average Bonchev–Trinajstić information content (AvgIpc) is 2.37. The average molecular weight is 209 g/mol. The molecule has 1 aromatic heterocycles. The van der Waals surface area contributed by atoms with Crippen molar-refractivity contribution in [2.75, 3.05) is 6.61 Å². The third-order valence-corrected chi connectivity index (χ3v) is 1.05. The Morgan fingerprint density at radius 3 is 2.80 bits per heavy atom. The number of aromatic amines is 1. The minimum atomic E-state index is -0.826. The molecule has 10 heavy (non-hydrogen) atoms. The summed E-state index contributed by atoms with van der Waals surface area (Å²) in [4.78, 5) is 0. The first-order valence-electron chi connectivity index (χ1n) is 2.63. The molecule has 0 bridgehead atoms. The first kappa shape index (κ1) is 9.61. The summed E-state index contributed by atoms with van der Waals surface area (Å²) in [7, 11) is 0. The molecule has 4 nitrogen and oxygen atoms in total. The lowest BCUT2D eigenvalue weighted by atomic mass is 10.3. The third kappa shape index (κ3) is 2.09. The van der Waals surface area contributed by atoms with E-state index < -0.39 is 6.10 Å². The van der Waals surface area contributed by atoms with Gasteiger partial charge in [-0.15, -0.1) is 17.0 Å². The Balaban J connectivity index is 0.000000810. The lowest BCUT2D eigenvalue weighted by molar-refractivity contribution is 0.0922. The Labute approximate surface area is 68.7 Å². The monoisotopic (exact) mass is 208 g/mol. The van der Waals surface area contributed by atoms with Gasteiger partial charge in [0, 0.05) is 6.20 Å². The molecule has 58 valence electrons. The van der Waals surface area contributed by atoms with Crippen LogP contribution < -0.4 is 0 Å². The molecule has 0 saturated carbocycles. The smallest absolute Gasteiger partial charge is 0.118 e. The van der Waals surface area contributed by atoms with Crippen molar-refractivity contribution in [1.82, 2.24) is 10.2 Å². The van der Waals surface area contributed by atoms with Crippen molar-refractivity contribution in [3.8, 4) is 0 Å². The third-order valence-electron chi connectivity index (χ3n) is 1.05. The number of hydrogen-bond acceptors (Lipinski definition) is 3. The van der Waals surface area contributed by atoms with Crippen LogP contribution in [0.2, 0.25) is 0 Å². The molecule has 0 saturated heterocycles. The van der Waals surface area contributed by atoms with Gasteiger partial charge in [0.1, 0.15) is 6.10 Å². The van der Waals surface area contributed by atoms with E-state index in [2.05, 4.69) is 10.2 Å². The van der Waals surface area contributed by atoms with Crippen LogP contribution in [0.5, 0.6) is 0 Å². The van der Waals surface area contributed by atoms with Crippen LogP contribution in [0.1, 0.15) is 11.8 Å². The number of aliphatic hydroxyl groups excluding tert-OH is 2. The van der Waals surface area contributed by atoms with Gasteiger partial charge < -0.3 is 10.2 Å². The molecule has 0 spiro atoms. The van der Waals surface area contributed by atoms with Crippen molar-refractivity contribution < 1.29 is 10.2 Å². The van der Waals surface area contributed by atoms with Crippen LogP contribution >= 0.6 is 17.0 Å². The highest BCUT2D eigenvalue weighted by atomic mass is 79.9. The number of nitrogens with zero attached hydrogens (tertiary/aromatic N) is 1. The normalized spacial score (nSPS) is 12.2. The van der Waals surface area contributed by atoms with Crippen molar-refractivity contribution in [2.45, 2.75) is 6.10 Å². The highest BCUT2D eigenvalue weighted by molar-refractivity contribution is 8.93. The van der Waals surface area contributed by atoms with E-state index in [9.17, 15) is 0 Å². The summed E-state index contributed by atoms with van der Waals surface area (Å²) in [6.07, 6.45) is 0.696. The fourth-order valence-corrected chi connectivity index (χ4v) is 0.551. The van der Waals surface area contributed by atoms with Crippen molar-refractivity contribution in [3.63, 3.8) is 0 Å². The maximum Gasteiger partial charge on any atom is 0.118 e. The summed E-state index contributed by atoms with van der Waals surface area (Å²) in [5.41, 5.74) is 0.539. The fourth-order valence-electron chi connectivity index (χ4n) is 0.551. The molecule has 1 rings (SSSR count). The van der Waals surface area contributed by atoms with E-state index in [1.165, 1.54) is 6.20 Å². The second kappa shape index (κ2) is 4.43. The first-order valence-corrected chi connectivity index (χ1v) is 2.63. The molecule has 1 atom stereocenters. The molecule has 0 aliphatic rings. The second-order valence-corrected chi connectivity index (χ2v) is 1.71. The van der Waals surface area contributed by atoms with Gasteiger partial charge >= 0.3 is 0 Å². The molecule has 0 aromatic carbocycles. The molecule has 0 fully saturated rings. The quantitative estimate of drug-likeness (QED) is 0.642. The van der Waals surface area contributed by atoms with Gasteiger partial charge in [-0.05, 0) is 6.07 Å². The topological polar surface area (TPSA) is 69.1 Å². The SMILES string of the molecule is Br.OCC(O)c1ccn[nH]1. The van der Waals surface area contributed by atoms with Crippen LogP contribution in [0, 0.1) is 0 Å². The zero-order valence-corrected chi connectivity index (χ0v) is 6.90. The van der Waals surface area contributed by atoms with Crippen LogP contribution in [0.25, 0.3) is 0 Å². The first-order chi connectivity index (χ1) is 4.34. The van der Waals surface area contributed by atoms with Crippen LogP contribution in [0.3, 0.4) is 0 Å². The number of rotatable bonds is 2. The maximum atomic E-state index is 8.90. The van der Waals surface area contributed by atoms with E-state index in [1.807, 2.05) is 0 Å². The molecule has 3 N–H and O–H groups in total. The number of aliphatic hydroxyl groups is 2. The molecule has 5 heteroatoms. The van der Waals surface area contributed by atoms with E-state index in [4.69, 9.17) is 10.2 Å². The molecule has 0 amide bonds. The molecule has 0 aliphatic carbocycles. The van der Waals surface area contributed by atoms with Gasteiger partial charge in [0.05, 0.1) is 12.3 Å². The van der Waals surface area contributed by atoms with Gasteiger partial charge in [0.2, 0.25) is 0 Å². The van der Waals surface area contributed by atoms with Crippen LogP contribution in [0.15, 0.2) is 12.3 Å². The molecular formula is C5H9BrN2O2. The molecule has 1 heterocycles. The highest BCUT2D eigenvalue weighted by Gasteiger charge is 2.04. The minimum absolute atomic E-state index is 0. The number of nitrogens with one attached hydrogen (secondary N) is 1. The van der Waals surface area contributed by atoms with Gasteiger partial charge in [-0.25, -0.2) is 0 Å². The van der Waals surface area contributed by atoms with Gasteiger partial charge in [-0.2, -0.15) is 5.10 Å². The summed E-state index contributed by atoms with van der Waals surface area (Å²) in [5, 5.41) is 23.4. The fraction of sp³-hybridized carbons (Fsp3) is 0.400. The standard InChI is InChI=1S/C5H8N2O2.BrH/c8-3-5(9)4-1-2-6-7-4;/h1-2,5,8-9H,3H2,(H,6,7);1H. The summed E-state index contributed by atoms with van der Waals surface area (Å²) in [5.74, 6) is 0. The van der Waals surface area contributed by atoms with E-state index in [-0.39, 0.29) is 23.6 Å². The summed E-state index contributed by atoms with van der Waals surface area (Å²) >= 11 is 0. The minimum Gasteiger partial charge on any atom is -0.393 e. The van der Waals surface area contributed by atoms with E-state index >= 15 is 0 Å². The summed E-state index contributed by atoms with van der Waals surface area (Å²) in [6.45, 7) is -0.276.